The lowest BCUT2D eigenvalue weighted by Crippen LogP contribution is -2.49. The summed E-state index contributed by atoms with van der Waals surface area (Å²) >= 11 is 0. The molecule has 11 heteroatoms. The van der Waals surface area contributed by atoms with Gasteiger partial charge in [0, 0.05) is 37.9 Å². The van der Waals surface area contributed by atoms with Crippen molar-refractivity contribution in [1.82, 2.24) is 10.2 Å². The Kier molecular flexibility index (Phi) is 9.35. The minimum atomic E-state index is -4.95. The zero-order chi connectivity index (χ0) is 29.9. The maximum atomic E-state index is 13.5. The fourth-order valence-electron chi connectivity index (χ4n) is 5.90. The molecule has 1 aliphatic carbocycles. The third-order valence-corrected chi connectivity index (χ3v) is 8.03. The fraction of sp³-hybridized carbons (Fsp3) is 0.533. The van der Waals surface area contributed by atoms with Crippen LogP contribution in [0.4, 0.5) is 26.3 Å². The Morgan fingerprint density at radius 2 is 1.49 bits per heavy atom. The second-order valence-electron chi connectivity index (χ2n) is 11.0. The van der Waals surface area contributed by atoms with Gasteiger partial charge >= 0.3 is 12.4 Å². The summed E-state index contributed by atoms with van der Waals surface area (Å²) in [6.45, 7) is 3.60. The van der Waals surface area contributed by atoms with Crippen molar-refractivity contribution in [2.45, 2.75) is 82.5 Å². The standard InChI is InChI=1S/C30H34F6N2O3/c1-18(22-14-23(29(31,32)33)16-24(15-22)30(34,35)36)41-27-12-13-38(17-26(27)20-6-4-3-5-7-20)28(40)21-8-10-25(11-9-21)37-19(2)39/h3-7,14-16,18,21,25-27H,8-13,17H2,1-2H3,(H,37,39)/t18-,21-,25+,26+,27+/m1/s1. The quantitative estimate of drug-likeness (QED) is 0.377. The molecule has 2 aromatic rings. The zero-order valence-electron chi connectivity index (χ0n) is 22.9. The molecule has 1 N–H and O–H groups in total. The number of rotatable bonds is 6. The Morgan fingerprint density at radius 1 is 0.902 bits per heavy atom. The summed E-state index contributed by atoms with van der Waals surface area (Å²) in [5, 5.41) is 2.90. The Hall–Kier alpha value is -3.08. The topological polar surface area (TPSA) is 58.6 Å². The van der Waals surface area contributed by atoms with E-state index in [2.05, 4.69) is 5.32 Å². The van der Waals surface area contributed by atoms with Gasteiger partial charge < -0.3 is 15.0 Å². The van der Waals surface area contributed by atoms with Gasteiger partial charge in [-0.25, -0.2) is 0 Å². The van der Waals surface area contributed by atoms with Crippen molar-refractivity contribution in [2.24, 2.45) is 5.92 Å². The maximum Gasteiger partial charge on any atom is 0.416 e. The van der Waals surface area contributed by atoms with Gasteiger partial charge in [0.05, 0.1) is 23.3 Å². The molecule has 41 heavy (non-hydrogen) atoms. The highest BCUT2D eigenvalue weighted by Crippen LogP contribution is 2.40. The van der Waals surface area contributed by atoms with Gasteiger partial charge in [-0.15, -0.1) is 0 Å². The molecule has 2 fully saturated rings. The van der Waals surface area contributed by atoms with Crippen LogP contribution < -0.4 is 5.32 Å². The number of likely N-dealkylation sites (tertiary alicyclic amines) is 1. The molecule has 0 bridgehead atoms. The van der Waals surface area contributed by atoms with Gasteiger partial charge in [0.15, 0.2) is 0 Å². The molecule has 4 rings (SSSR count). The Balaban J connectivity index is 1.51. The number of ether oxygens (including phenoxy) is 1. The molecule has 2 aliphatic rings. The molecule has 1 saturated carbocycles. The minimum absolute atomic E-state index is 0.0198. The second kappa shape index (κ2) is 12.4. The van der Waals surface area contributed by atoms with E-state index in [0.29, 0.717) is 57.3 Å². The number of nitrogens with one attached hydrogen (secondary N) is 1. The van der Waals surface area contributed by atoms with Crippen LogP contribution in [-0.4, -0.2) is 41.9 Å². The first-order valence-electron chi connectivity index (χ1n) is 13.8. The normalized spacial score (nSPS) is 24.5. The van der Waals surface area contributed by atoms with E-state index < -0.39 is 35.7 Å². The first-order valence-corrected chi connectivity index (χ1v) is 13.8. The molecule has 5 nitrogen and oxygen atoms in total. The van der Waals surface area contributed by atoms with Gasteiger partial charge in [-0.1, -0.05) is 30.3 Å². The van der Waals surface area contributed by atoms with Crippen LogP contribution in [0.25, 0.3) is 0 Å². The molecule has 2 aromatic carbocycles. The number of piperidine rings is 1. The Bertz CT molecular complexity index is 1180. The van der Waals surface area contributed by atoms with Crippen LogP contribution in [0.2, 0.25) is 0 Å². The molecule has 3 atom stereocenters. The molecule has 1 saturated heterocycles. The monoisotopic (exact) mass is 584 g/mol. The molecular weight excluding hydrogens is 550 g/mol. The summed E-state index contributed by atoms with van der Waals surface area (Å²) in [7, 11) is 0. The molecular formula is C30H34F6N2O3. The molecule has 0 aromatic heterocycles. The number of alkyl halides is 6. The average molecular weight is 585 g/mol. The summed E-state index contributed by atoms with van der Waals surface area (Å²) in [5.41, 5.74) is -2.11. The van der Waals surface area contributed by atoms with Crippen LogP contribution in [0.3, 0.4) is 0 Å². The number of benzene rings is 2. The van der Waals surface area contributed by atoms with Crippen molar-refractivity contribution in [2.75, 3.05) is 13.1 Å². The van der Waals surface area contributed by atoms with E-state index in [1.807, 2.05) is 30.3 Å². The molecule has 0 unspecified atom stereocenters. The Morgan fingerprint density at radius 3 is 2.02 bits per heavy atom. The highest BCUT2D eigenvalue weighted by molar-refractivity contribution is 5.79. The number of carbonyl (C=O) groups excluding carboxylic acids is 2. The van der Waals surface area contributed by atoms with E-state index in [0.717, 1.165) is 5.56 Å². The van der Waals surface area contributed by atoms with E-state index in [4.69, 9.17) is 4.74 Å². The van der Waals surface area contributed by atoms with Crippen LogP contribution in [0, 0.1) is 5.92 Å². The molecule has 0 spiro atoms. The third-order valence-electron chi connectivity index (χ3n) is 8.03. The number of carbonyl (C=O) groups is 2. The van der Waals surface area contributed by atoms with E-state index in [-0.39, 0.29) is 41.3 Å². The summed E-state index contributed by atoms with van der Waals surface area (Å²) in [4.78, 5) is 26.6. The van der Waals surface area contributed by atoms with Gasteiger partial charge in [-0.05, 0) is 68.4 Å². The summed E-state index contributed by atoms with van der Waals surface area (Å²) in [6.07, 6.45) is -8.36. The lowest BCUT2D eigenvalue weighted by molar-refractivity contribution is -0.143. The van der Waals surface area contributed by atoms with Gasteiger partial charge in [-0.2, -0.15) is 26.3 Å². The molecule has 2 amide bonds. The van der Waals surface area contributed by atoms with E-state index in [1.165, 1.54) is 13.8 Å². The first kappa shape index (κ1) is 30.9. The van der Waals surface area contributed by atoms with Gasteiger partial charge in [0.2, 0.25) is 11.8 Å². The number of nitrogens with zero attached hydrogens (tertiary/aromatic N) is 1. The number of halogens is 6. The van der Waals surface area contributed by atoms with Crippen molar-refractivity contribution in [1.29, 1.82) is 0 Å². The van der Waals surface area contributed by atoms with Crippen LogP contribution in [0.15, 0.2) is 48.5 Å². The predicted molar refractivity (Wildman–Crippen MR) is 140 cm³/mol. The van der Waals surface area contributed by atoms with Crippen molar-refractivity contribution in [3.8, 4) is 0 Å². The average Bonchev–Trinajstić information content (AvgIpc) is 2.92. The van der Waals surface area contributed by atoms with Gasteiger partial charge in [-0.3, -0.25) is 9.59 Å². The minimum Gasteiger partial charge on any atom is -0.370 e. The number of hydrogen-bond donors (Lipinski definition) is 1. The first-order chi connectivity index (χ1) is 19.2. The van der Waals surface area contributed by atoms with Crippen LogP contribution in [0.1, 0.15) is 80.2 Å². The third kappa shape index (κ3) is 7.81. The van der Waals surface area contributed by atoms with E-state index in [1.54, 1.807) is 4.90 Å². The molecule has 1 heterocycles. The smallest absolute Gasteiger partial charge is 0.370 e. The van der Waals surface area contributed by atoms with Crippen LogP contribution in [-0.2, 0) is 26.7 Å². The molecule has 1 aliphatic heterocycles. The van der Waals surface area contributed by atoms with E-state index in [9.17, 15) is 35.9 Å². The predicted octanol–water partition coefficient (Wildman–Crippen LogP) is 6.88. The van der Waals surface area contributed by atoms with Crippen molar-refractivity contribution in [3.05, 3.63) is 70.8 Å². The van der Waals surface area contributed by atoms with Crippen molar-refractivity contribution >= 4 is 11.8 Å². The highest BCUT2D eigenvalue weighted by atomic mass is 19.4. The summed E-state index contributed by atoms with van der Waals surface area (Å²) in [5.74, 6) is -0.563. The van der Waals surface area contributed by atoms with Crippen molar-refractivity contribution < 1.29 is 40.7 Å². The molecule has 0 radical (unpaired) electrons. The SMILES string of the molecule is CC(=O)N[C@H]1CC[C@@H](C(=O)N2CC[C@H](O[C@H](C)c3cc(C(F)(F)F)cc(C(F)(F)F)c3)[C@H](c3ccccc3)C2)CC1. The number of hydrogen-bond acceptors (Lipinski definition) is 3. The number of amides is 2. The van der Waals surface area contributed by atoms with Crippen molar-refractivity contribution in [3.63, 3.8) is 0 Å². The summed E-state index contributed by atoms with van der Waals surface area (Å²) < 4.78 is 86.8. The Labute approximate surface area is 235 Å². The largest absolute Gasteiger partial charge is 0.416 e. The van der Waals surface area contributed by atoms with E-state index >= 15 is 0 Å². The lowest BCUT2D eigenvalue weighted by Gasteiger charge is -2.41. The second-order valence-corrected chi connectivity index (χ2v) is 11.0. The maximum absolute atomic E-state index is 13.5. The fourth-order valence-corrected chi connectivity index (χ4v) is 5.90. The zero-order valence-corrected chi connectivity index (χ0v) is 22.9. The summed E-state index contributed by atoms with van der Waals surface area (Å²) in [6, 6.07) is 10.8. The van der Waals surface area contributed by atoms with Gasteiger partial charge in [0.25, 0.3) is 0 Å². The van der Waals surface area contributed by atoms with Gasteiger partial charge in [0.1, 0.15) is 0 Å². The molecule has 224 valence electrons. The van der Waals surface area contributed by atoms with Crippen LogP contribution >= 0.6 is 0 Å². The highest BCUT2D eigenvalue weighted by Gasteiger charge is 2.40. The lowest BCUT2D eigenvalue weighted by atomic mass is 9.83. The van der Waals surface area contributed by atoms with Crippen LogP contribution in [0.5, 0.6) is 0 Å².